The molecule has 2 aromatic heterocycles. The van der Waals surface area contributed by atoms with E-state index in [0.29, 0.717) is 19.6 Å². The number of piperazine rings is 1. The van der Waals surface area contributed by atoms with Gasteiger partial charge in [-0.2, -0.15) is 5.10 Å². The Morgan fingerprint density at radius 1 is 1.24 bits per heavy atom. The summed E-state index contributed by atoms with van der Waals surface area (Å²) in [5.41, 5.74) is 3.01. The second kappa shape index (κ2) is 6.39. The number of benzene rings is 1. The van der Waals surface area contributed by atoms with Gasteiger partial charge in [0.15, 0.2) is 5.65 Å². The van der Waals surface area contributed by atoms with E-state index < -0.39 is 0 Å². The second-order valence-corrected chi connectivity index (χ2v) is 6.02. The van der Waals surface area contributed by atoms with Gasteiger partial charge in [-0.25, -0.2) is 9.97 Å². The number of carbonyl (C=O) groups excluding carboxylic acids is 1. The largest absolute Gasteiger partial charge is 0.365 e. The Morgan fingerprint density at radius 3 is 2.88 bits per heavy atom. The lowest BCUT2D eigenvalue weighted by atomic mass is 10.2. The van der Waals surface area contributed by atoms with Gasteiger partial charge < -0.3 is 15.5 Å². The smallest absolute Gasteiger partial charge is 0.239 e. The molecule has 0 aliphatic carbocycles. The van der Waals surface area contributed by atoms with Crippen LogP contribution in [0.15, 0.2) is 36.8 Å². The number of fused-ring (bicyclic) bond motifs is 1. The molecule has 8 heteroatoms. The first-order valence-corrected chi connectivity index (χ1v) is 8.18. The third-order valence-corrected chi connectivity index (χ3v) is 4.33. The van der Waals surface area contributed by atoms with Gasteiger partial charge in [0.25, 0.3) is 0 Å². The first kappa shape index (κ1) is 15.4. The first-order valence-electron chi connectivity index (χ1n) is 8.18. The third kappa shape index (κ3) is 3.10. The minimum absolute atomic E-state index is 0.0706. The number of hydrogen-bond acceptors (Lipinski definition) is 6. The summed E-state index contributed by atoms with van der Waals surface area (Å²) in [5, 5.41) is 11.3. The summed E-state index contributed by atoms with van der Waals surface area (Å²) in [4.78, 5) is 22.1. The predicted molar refractivity (Wildman–Crippen MR) is 95.3 cm³/mol. The highest BCUT2D eigenvalue weighted by molar-refractivity contribution is 5.86. The van der Waals surface area contributed by atoms with Crippen molar-refractivity contribution in [2.45, 2.75) is 6.54 Å². The van der Waals surface area contributed by atoms with Gasteiger partial charge in [-0.3, -0.25) is 9.48 Å². The molecule has 0 bridgehead atoms. The van der Waals surface area contributed by atoms with Gasteiger partial charge >= 0.3 is 0 Å². The summed E-state index contributed by atoms with van der Waals surface area (Å²) in [6.07, 6.45) is 3.30. The summed E-state index contributed by atoms with van der Waals surface area (Å²) in [6.45, 7) is 2.60. The lowest BCUT2D eigenvalue weighted by Gasteiger charge is -2.28. The highest BCUT2D eigenvalue weighted by Crippen LogP contribution is 2.20. The number of nitrogens with one attached hydrogen (secondary N) is 2. The molecule has 0 saturated carbocycles. The molecular weight excluding hydrogens is 318 g/mol. The average molecular weight is 337 g/mol. The minimum atomic E-state index is 0.0706. The van der Waals surface area contributed by atoms with Crippen molar-refractivity contribution in [2.24, 2.45) is 7.05 Å². The van der Waals surface area contributed by atoms with Crippen molar-refractivity contribution in [1.29, 1.82) is 0 Å². The Hall–Kier alpha value is -3.16. The standard InChI is InChI=1S/C17H19N7O/c1-23-17-14(9-22-23)16(20-11-21-17)19-8-12-2-4-13(5-3-12)24-7-6-18-15(25)10-24/h2-5,9,11H,6-8,10H2,1H3,(H,18,25)(H,19,20,21). The number of amides is 1. The normalized spacial score (nSPS) is 14.6. The van der Waals surface area contributed by atoms with E-state index in [2.05, 4.69) is 54.9 Å². The number of rotatable bonds is 4. The maximum absolute atomic E-state index is 11.5. The lowest BCUT2D eigenvalue weighted by molar-refractivity contribution is -0.120. The van der Waals surface area contributed by atoms with E-state index in [1.807, 2.05) is 7.05 Å². The van der Waals surface area contributed by atoms with E-state index >= 15 is 0 Å². The van der Waals surface area contributed by atoms with Gasteiger partial charge in [0.05, 0.1) is 18.1 Å². The van der Waals surface area contributed by atoms with E-state index in [1.54, 1.807) is 10.9 Å². The van der Waals surface area contributed by atoms with Gasteiger partial charge in [-0.15, -0.1) is 0 Å². The summed E-state index contributed by atoms with van der Waals surface area (Å²) in [6, 6.07) is 8.23. The van der Waals surface area contributed by atoms with E-state index in [4.69, 9.17) is 0 Å². The van der Waals surface area contributed by atoms with Crippen LogP contribution in [-0.4, -0.2) is 45.3 Å². The number of anilines is 2. The fourth-order valence-electron chi connectivity index (χ4n) is 2.97. The van der Waals surface area contributed by atoms with E-state index in [9.17, 15) is 4.79 Å². The van der Waals surface area contributed by atoms with Crippen LogP contribution >= 0.6 is 0 Å². The number of carbonyl (C=O) groups is 1. The molecule has 25 heavy (non-hydrogen) atoms. The number of aromatic nitrogens is 4. The van der Waals surface area contributed by atoms with Crippen LogP contribution < -0.4 is 15.5 Å². The molecule has 2 N–H and O–H groups in total. The molecule has 1 aliphatic heterocycles. The van der Waals surface area contributed by atoms with Gasteiger partial charge in [-0.05, 0) is 17.7 Å². The minimum Gasteiger partial charge on any atom is -0.365 e. The van der Waals surface area contributed by atoms with Crippen LogP contribution in [0.25, 0.3) is 11.0 Å². The third-order valence-electron chi connectivity index (χ3n) is 4.33. The van der Waals surface area contributed by atoms with Crippen molar-refractivity contribution >= 4 is 28.4 Å². The molecule has 1 fully saturated rings. The summed E-state index contributed by atoms with van der Waals surface area (Å²) in [7, 11) is 1.86. The highest BCUT2D eigenvalue weighted by Gasteiger charge is 2.16. The van der Waals surface area contributed by atoms with E-state index in [1.165, 1.54) is 6.33 Å². The topological polar surface area (TPSA) is 88.0 Å². The molecule has 1 saturated heterocycles. The summed E-state index contributed by atoms with van der Waals surface area (Å²) in [5.74, 6) is 0.844. The fourth-order valence-corrected chi connectivity index (χ4v) is 2.97. The SMILES string of the molecule is Cn1ncc2c(NCc3ccc(N4CCNC(=O)C4)cc3)ncnc21. The van der Waals surface area contributed by atoms with Crippen LogP contribution in [0.4, 0.5) is 11.5 Å². The zero-order valence-corrected chi connectivity index (χ0v) is 13.9. The molecular formula is C17H19N7O. The van der Waals surface area contributed by atoms with Crippen LogP contribution in [-0.2, 0) is 18.4 Å². The zero-order chi connectivity index (χ0) is 17.2. The van der Waals surface area contributed by atoms with E-state index in [-0.39, 0.29) is 5.91 Å². The predicted octanol–water partition coefficient (Wildman–Crippen LogP) is 0.912. The van der Waals surface area contributed by atoms with Crippen molar-refractivity contribution in [3.05, 3.63) is 42.4 Å². The monoisotopic (exact) mass is 337 g/mol. The maximum atomic E-state index is 11.5. The second-order valence-electron chi connectivity index (χ2n) is 6.02. The van der Waals surface area contributed by atoms with Crippen molar-refractivity contribution in [3.63, 3.8) is 0 Å². The van der Waals surface area contributed by atoms with E-state index in [0.717, 1.165) is 34.6 Å². The van der Waals surface area contributed by atoms with Gasteiger partial charge in [-0.1, -0.05) is 12.1 Å². The van der Waals surface area contributed by atoms with Crippen molar-refractivity contribution < 1.29 is 4.79 Å². The maximum Gasteiger partial charge on any atom is 0.239 e. The van der Waals surface area contributed by atoms with Crippen LogP contribution in [0.2, 0.25) is 0 Å². The molecule has 1 aliphatic rings. The summed E-state index contributed by atoms with van der Waals surface area (Å²) < 4.78 is 1.73. The van der Waals surface area contributed by atoms with Crippen LogP contribution in [0.1, 0.15) is 5.56 Å². The fraction of sp³-hybridized carbons (Fsp3) is 0.294. The van der Waals surface area contributed by atoms with Gasteiger partial charge in [0.1, 0.15) is 12.1 Å². The number of aryl methyl sites for hydroxylation is 1. The Labute approximate surface area is 144 Å². The Kier molecular flexibility index (Phi) is 3.93. The number of nitrogens with zero attached hydrogens (tertiary/aromatic N) is 5. The quantitative estimate of drug-likeness (QED) is 0.736. The molecule has 0 spiro atoms. The molecule has 0 radical (unpaired) electrons. The molecule has 128 valence electrons. The van der Waals surface area contributed by atoms with Crippen molar-refractivity contribution in [1.82, 2.24) is 25.1 Å². The molecule has 3 heterocycles. The molecule has 4 rings (SSSR count). The Balaban J connectivity index is 1.45. The first-order chi connectivity index (χ1) is 12.2. The Bertz CT molecular complexity index is 903. The molecule has 1 amide bonds. The summed E-state index contributed by atoms with van der Waals surface area (Å²) >= 11 is 0. The van der Waals surface area contributed by atoms with Crippen molar-refractivity contribution in [2.75, 3.05) is 29.9 Å². The van der Waals surface area contributed by atoms with Crippen LogP contribution in [0, 0.1) is 0 Å². The molecule has 3 aromatic rings. The molecule has 0 atom stereocenters. The molecule has 1 aromatic carbocycles. The number of hydrogen-bond donors (Lipinski definition) is 2. The highest BCUT2D eigenvalue weighted by atomic mass is 16.2. The molecule has 8 nitrogen and oxygen atoms in total. The molecule has 0 unspecified atom stereocenters. The van der Waals surface area contributed by atoms with Gasteiger partial charge in [0, 0.05) is 32.4 Å². The Morgan fingerprint density at radius 2 is 2.08 bits per heavy atom. The average Bonchev–Trinajstić information content (AvgIpc) is 3.02. The van der Waals surface area contributed by atoms with Crippen LogP contribution in [0.5, 0.6) is 0 Å². The van der Waals surface area contributed by atoms with Gasteiger partial charge in [0.2, 0.25) is 5.91 Å². The zero-order valence-electron chi connectivity index (χ0n) is 13.9. The lowest BCUT2D eigenvalue weighted by Crippen LogP contribution is -2.47. The van der Waals surface area contributed by atoms with Crippen LogP contribution in [0.3, 0.4) is 0 Å². The van der Waals surface area contributed by atoms with Crippen molar-refractivity contribution in [3.8, 4) is 0 Å².